The first-order chi connectivity index (χ1) is 8.06. The van der Waals surface area contributed by atoms with E-state index in [1.54, 1.807) is 0 Å². The lowest BCUT2D eigenvalue weighted by Gasteiger charge is -2.07. The number of rotatable bonds is 7. The highest BCUT2D eigenvalue weighted by Crippen LogP contribution is 2.15. The Balaban J connectivity index is 2.61. The number of aromatic nitrogens is 2. The zero-order valence-electron chi connectivity index (χ0n) is 11.5. The minimum atomic E-state index is 0.188. The summed E-state index contributed by atoms with van der Waals surface area (Å²) in [4.78, 5) is 0. The van der Waals surface area contributed by atoms with Gasteiger partial charge in [-0.05, 0) is 46.1 Å². The van der Waals surface area contributed by atoms with Crippen LogP contribution in [0.2, 0.25) is 0 Å². The number of hydrogen-bond acceptors (Lipinski definition) is 3. The minimum absolute atomic E-state index is 0.188. The molecule has 98 valence electrons. The first-order valence-corrected chi connectivity index (χ1v) is 6.42. The summed E-state index contributed by atoms with van der Waals surface area (Å²) in [5, 5.41) is 4.57. The normalized spacial score (nSPS) is 13.0. The van der Waals surface area contributed by atoms with Crippen LogP contribution in [0.5, 0.6) is 0 Å². The van der Waals surface area contributed by atoms with Crippen LogP contribution in [-0.2, 0) is 17.7 Å². The zero-order valence-corrected chi connectivity index (χ0v) is 11.5. The molecule has 4 nitrogen and oxygen atoms in total. The number of nitrogens with zero attached hydrogens (tertiary/aromatic N) is 2. The molecule has 0 saturated heterocycles. The molecule has 0 fully saturated rings. The van der Waals surface area contributed by atoms with E-state index >= 15 is 0 Å². The van der Waals surface area contributed by atoms with Crippen LogP contribution in [0.3, 0.4) is 0 Å². The monoisotopic (exact) mass is 239 g/mol. The summed E-state index contributed by atoms with van der Waals surface area (Å²) < 4.78 is 7.41. The summed E-state index contributed by atoms with van der Waals surface area (Å²) in [6, 6.07) is 0.188. The topological polar surface area (TPSA) is 53.1 Å². The van der Waals surface area contributed by atoms with Crippen molar-refractivity contribution in [2.75, 3.05) is 13.2 Å². The van der Waals surface area contributed by atoms with Crippen molar-refractivity contribution < 1.29 is 4.74 Å². The van der Waals surface area contributed by atoms with E-state index in [-0.39, 0.29) is 6.04 Å². The Morgan fingerprint density at radius 2 is 2.12 bits per heavy atom. The molecule has 0 saturated carbocycles. The molecular formula is C13H25N3O. The van der Waals surface area contributed by atoms with E-state index in [1.165, 1.54) is 11.3 Å². The van der Waals surface area contributed by atoms with Crippen LogP contribution in [0.15, 0.2) is 0 Å². The van der Waals surface area contributed by atoms with Gasteiger partial charge in [-0.2, -0.15) is 5.10 Å². The number of nitrogens with two attached hydrogens (primary N) is 1. The van der Waals surface area contributed by atoms with Crippen molar-refractivity contribution in [3.63, 3.8) is 0 Å². The maximum atomic E-state index is 5.85. The molecule has 0 radical (unpaired) electrons. The first kappa shape index (κ1) is 14.2. The smallest absolute Gasteiger partial charge is 0.0629 e. The van der Waals surface area contributed by atoms with Crippen molar-refractivity contribution in [2.24, 2.45) is 5.73 Å². The van der Waals surface area contributed by atoms with Crippen LogP contribution in [-0.4, -0.2) is 29.0 Å². The van der Waals surface area contributed by atoms with Crippen LogP contribution in [0.4, 0.5) is 0 Å². The zero-order chi connectivity index (χ0) is 12.8. The lowest BCUT2D eigenvalue weighted by Crippen LogP contribution is -2.18. The van der Waals surface area contributed by atoms with Gasteiger partial charge in [0.2, 0.25) is 0 Å². The van der Waals surface area contributed by atoms with Gasteiger partial charge in [0, 0.05) is 31.5 Å². The second-order valence-electron chi connectivity index (χ2n) is 4.60. The van der Waals surface area contributed by atoms with Crippen molar-refractivity contribution in [3.05, 3.63) is 17.0 Å². The molecule has 0 spiro atoms. The van der Waals surface area contributed by atoms with Crippen molar-refractivity contribution >= 4 is 0 Å². The third-order valence-electron chi connectivity index (χ3n) is 2.92. The summed E-state index contributed by atoms with van der Waals surface area (Å²) >= 11 is 0. The Morgan fingerprint density at radius 1 is 1.41 bits per heavy atom. The molecule has 1 rings (SSSR count). The molecule has 17 heavy (non-hydrogen) atoms. The van der Waals surface area contributed by atoms with Crippen LogP contribution >= 0.6 is 0 Å². The first-order valence-electron chi connectivity index (χ1n) is 6.42. The highest BCUT2D eigenvalue weighted by molar-refractivity contribution is 5.25. The summed E-state index contributed by atoms with van der Waals surface area (Å²) in [5.74, 6) is 0. The van der Waals surface area contributed by atoms with E-state index < -0.39 is 0 Å². The molecule has 0 bridgehead atoms. The fourth-order valence-corrected chi connectivity index (χ4v) is 2.03. The van der Waals surface area contributed by atoms with Crippen LogP contribution in [0, 0.1) is 13.8 Å². The van der Waals surface area contributed by atoms with Gasteiger partial charge in [0.05, 0.1) is 5.69 Å². The summed E-state index contributed by atoms with van der Waals surface area (Å²) in [5.41, 5.74) is 9.51. The van der Waals surface area contributed by atoms with Crippen molar-refractivity contribution in [1.29, 1.82) is 0 Å². The molecule has 0 aliphatic heterocycles. The maximum Gasteiger partial charge on any atom is 0.0629 e. The van der Waals surface area contributed by atoms with Gasteiger partial charge < -0.3 is 10.5 Å². The van der Waals surface area contributed by atoms with E-state index in [9.17, 15) is 0 Å². The molecule has 4 heteroatoms. The van der Waals surface area contributed by atoms with Crippen LogP contribution < -0.4 is 5.73 Å². The standard InChI is InChI=1S/C13H25N3O/c1-5-17-8-6-7-16-12(4)13(9-10(2)14)11(3)15-16/h10H,5-9,14H2,1-4H3. The Bertz CT molecular complexity index is 345. The molecular weight excluding hydrogens is 214 g/mol. The Morgan fingerprint density at radius 3 is 2.71 bits per heavy atom. The maximum absolute atomic E-state index is 5.85. The van der Waals surface area contributed by atoms with Gasteiger partial charge in [-0.3, -0.25) is 4.68 Å². The molecule has 1 unspecified atom stereocenters. The lowest BCUT2D eigenvalue weighted by molar-refractivity contribution is 0.140. The predicted molar refractivity (Wildman–Crippen MR) is 70.2 cm³/mol. The van der Waals surface area contributed by atoms with Gasteiger partial charge in [0.1, 0.15) is 0 Å². The molecule has 1 heterocycles. The third-order valence-corrected chi connectivity index (χ3v) is 2.92. The van der Waals surface area contributed by atoms with Crippen LogP contribution in [0.25, 0.3) is 0 Å². The Hall–Kier alpha value is -0.870. The molecule has 1 aromatic heterocycles. The molecule has 2 N–H and O–H groups in total. The Kier molecular flexibility index (Phi) is 5.65. The number of aryl methyl sites for hydroxylation is 2. The molecule has 0 amide bonds. The lowest BCUT2D eigenvalue weighted by atomic mass is 10.1. The average molecular weight is 239 g/mol. The average Bonchev–Trinajstić information content (AvgIpc) is 2.52. The van der Waals surface area contributed by atoms with E-state index in [0.717, 1.165) is 38.3 Å². The molecule has 0 aliphatic carbocycles. The summed E-state index contributed by atoms with van der Waals surface area (Å²) in [6.07, 6.45) is 1.91. The van der Waals surface area contributed by atoms with Gasteiger partial charge in [-0.25, -0.2) is 0 Å². The van der Waals surface area contributed by atoms with Crippen LogP contribution in [0.1, 0.15) is 37.2 Å². The second-order valence-corrected chi connectivity index (χ2v) is 4.60. The van der Waals surface area contributed by atoms with Gasteiger partial charge in [-0.1, -0.05) is 0 Å². The van der Waals surface area contributed by atoms with E-state index in [4.69, 9.17) is 10.5 Å². The Labute approximate surface area is 104 Å². The second kappa shape index (κ2) is 6.77. The highest BCUT2D eigenvalue weighted by atomic mass is 16.5. The molecule has 1 atom stereocenters. The van der Waals surface area contributed by atoms with Crippen molar-refractivity contribution in [1.82, 2.24) is 9.78 Å². The predicted octanol–water partition coefficient (Wildman–Crippen LogP) is 1.82. The van der Waals surface area contributed by atoms with Crippen molar-refractivity contribution in [2.45, 2.75) is 53.1 Å². The molecule has 0 aliphatic rings. The fraction of sp³-hybridized carbons (Fsp3) is 0.769. The molecule has 1 aromatic rings. The van der Waals surface area contributed by atoms with E-state index in [1.807, 2.05) is 13.8 Å². The molecule has 0 aromatic carbocycles. The quantitative estimate of drug-likeness (QED) is 0.738. The number of ether oxygens (including phenoxy) is 1. The van der Waals surface area contributed by atoms with Crippen molar-refractivity contribution in [3.8, 4) is 0 Å². The van der Waals surface area contributed by atoms with Gasteiger partial charge >= 0.3 is 0 Å². The fourth-order valence-electron chi connectivity index (χ4n) is 2.03. The highest BCUT2D eigenvalue weighted by Gasteiger charge is 2.12. The van der Waals surface area contributed by atoms with E-state index in [2.05, 4.69) is 23.6 Å². The minimum Gasteiger partial charge on any atom is -0.382 e. The van der Waals surface area contributed by atoms with Gasteiger partial charge in [0.25, 0.3) is 0 Å². The van der Waals surface area contributed by atoms with Gasteiger partial charge in [-0.15, -0.1) is 0 Å². The largest absolute Gasteiger partial charge is 0.382 e. The summed E-state index contributed by atoms with van der Waals surface area (Å²) in [6.45, 7) is 10.7. The number of hydrogen-bond donors (Lipinski definition) is 1. The third kappa shape index (κ3) is 4.13. The van der Waals surface area contributed by atoms with Gasteiger partial charge in [0.15, 0.2) is 0 Å². The SMILES string of the molecule is CCOCCCn1nc(C)c(CC(C)N)c1C. The summed E-state index contributed by atoms with van der Waals surface area (Å²) in [7, 11) is 0. The van der Waals surface area contributed by atoms with E-state index in [0.29, 0.717) is 0 Å².